The van der Waals surface area contributed by atoms with Crippen LogP contribution in [0.25, 0.3) is 0 Å². The number of rotatable bonds is 4. The molecule has 0 fully saturated rings. The van der Waals surface area contributed by atoms with E-state index < -0.39 is 0 Å². The van der Waals surface area contributed by atoms with Crippen molar-refractivity contribution < 1.29 is 23.5 Å². The van der Waals surface area contributed by atoms with Crippen LogP contribution in [0.2, 0.25) is 0 Å². The minimum atomic E-state index is -0.321. The molecule has 8 heteroatoms. The molecule has 0 radical (unpaired) electrons. The maximum atomic E-state index is 11.9. The van der Waals surface area contributed by atoms with E-state index >= 15 is 0 Å². The molecular formula is C14H13BrN2O5. The van der Waals surface area contributed by atoms with Crippen LogP contribution in [-0.2, 0) is 4.79 Å². The minimum Gasteiger partial charge on any atom is -0.486 e. The first kappa shape index (κ1) is 14.7. The molecule has 0 aliphatic carbocycles. The Balaban J connectivity index is 1.63. The molecule has 1 aromatic heterocycles. The third kappa shape index (κ3) is 3.33. The minimum absolute atomic E-state index is 0.174. The maximum Gasteiger partial charge on any atom is 0.262 e. The van der Waals surface area contributed by atoms with Crippen molar-refractivity contribution >= 4 is 27.5 Å². The number of amides is 1. The maximum absolute atomic E-state index is 11.9. The standard InChI is InChI=1S/C14H13BrN2O5/c1-8-4-14(17-22-8)21-7-13(18)16-10-6-12-11(5-9(10)15)19-2-3-20-12/h4-6H,2-3,7H2,1H3,(H,16,18). The van der Waals surface area contributed by atoms with Crippen molar-refractivity contribution in [1.82, 2.24) is 5.16 Å². The van der Waals surface area contributed by atoms with E-state index in [1.165, 1.54) is 0 Å². The molecule has 0 spiro atoms. The molecule has 1 aliphatic heterocycles. The Labute approximate surface area is 134 Å². The molecule has 2 heterocycles. The number of carbonyl (C=O) groups is 1. The third-order valence-corrected chi connectivity index (χ3v) is 3.52. The fourth-order valence-electron chi connectivity index (χ4n) is 1.90. The Morgan fingerprint density at radius 3 is 2.73 bits per heavy atom. The quantitative estimate of drug-likeness (QED) is 0.892. The highest BCUT2D eigenvalue weighted by Crippen LogP contribution is 2.38. The molecule has 0 saturated carbocycles. The summed E-state index contributed by atoms with van der Waals surface area (Å²) in [6.07, 6.45) is 0. The highest BCUT2D eigenvalue weighted by molar-refractivity contribution is 9.10. The molecule has 22 heavy (non-hydrogen) atoms. The van der Waals surface area contributed by atoms with Crippen molar-refractivity contribution in [3.05, 3.63) is 28.4 Å². The number of ether oxygens (including phenoxy) is 3. The molecule has 3 rings (SSSR count). The molecule has 0 atom stereocenters. The lowest BCUT2D eigenvalue weighted by molar-refractivity contribution is -0.118. The summed E-state index contributed by atoms with van der Waals surface area (Å²) in [5.41, 5.74) is 0.578. The predicted octanol–water partition coefficient (Wildman–Crippen LogP) is 2.53. The van der Waals surface area contributed by atoms with E-state index in [1.807, 2.05) is 0 Å². The average Bonchev–Trinajstić information content (AvgIpc) is 2.91. The summed E-state index contributed by atoms with van der Waals surface area (Å²) < 4.78 is 21.7. The zero-order valence-electron chi connectivity index (χ0n) is 11.7. The number of aromatic nitrogens is 1. The summed E-state index contributed by atoms with van der Waals surface area (Å²) in [4.78, 5) is 11.9. The van der Waals surface area contributed by atoms with E-state index in [4.69, 9.17) is 18.7 Å². The third-order valence-electron chi connectivity index (χ3n) is 2.86. The summed E-state index contributed by atoms with van der Waals surface area (Å²) in [5, 5.41) is 6.38. The number of benzene rings is 1. The fraction of sp³-hybridized carbons (Fsp3) is 0.286. The Morgan fingerprint density at radius 2 is 2.05 bits per heavy atom. The smallest absolute Gasteiger partial charge is 0.262 e. The summed E-state index contributed by atoms with van der Waals surface area (Å²) in [6, 6.07) is 5.07. The SMILES string of the molecule is Cc1cc(OCC(=O)Nc2cc3c(cc2Br)OCCO3)no1. The van der Waals surface area contributed by atoms with Gasteiger partial charge in [0.2, 0.25) is 0 Å². The highest BCUT2D eigenvalue weighted by atomic mass is 79.9. The van der Waals surface area contributed by atoms with Gasteiger partial charge in [0.15, 0.2) is 18.1 Å². The summed E-state index contributed by atoms with van der Waals surface area (Å²) in [6.45, 7) is 2.56. The Kier molecular flexibility index (Phi) is 4.19. The van der Waals surface area contributed by atoms with E-state index in [0.717, 1.165) is 0 Å². The van der Waals surface area contributed by atoms with Crippen LogP contribution < -0.4 is 19.5 Å². The first-order chi connectivity index (χ1) is 10.6. The lowest BCUT2D eigenvalue weighted by Gasteiger charge is -2.20. The van der Waals surface area contributed by atoms with Crippen molar-refractivity contribution in [2.75, 3.05) is 25.1 Å². The fourth-order valence-corrected chi connectivity index (χ4v) is 2.32. The molecule has 116 valence electrons. The zero-order chi connectivity index (χ0) is 15.5. The summed E-state index contributed by atoms with van der Waals surface area (Å²) >= 11 is 3.38. The van der Waals surface area contributed by atoms with Gasteiger partial charge in [0, 0.05) is 22.7 Å². The Hall–Kier alpha value is -2.22. The summed E-state index contributed by atoms with van der Waals surface area (Å²) in [5.74, 6) is 1.81. The first-order valence-electron chi connectivity index (χ1n) is 6.57. The second-order valence-corrected chi connectivity index (χ2v) is 5.44. The van der Waals surface area contributed by atoms with Crippen LogP contribution in [0.4, 0.5) is 5.69 Å². The lowest BCUT2D eigenvalue weighted by Crippen LogP contribution is -2.21. The van der Waals surface area contributed by atoms with Gasteiger partial charge in [-0.15, -0.1) is 0 Å². The number of hydrogen-bond acceptors (Lipinski definition) is 6. The molecule has 7 nitrogen and oxygen atoms in total. The van der Waals surface area contributed by atoms with Crippen LogP contribution in [0.1, 0.15) is 5.76 Å². The van der Waals surface area contributed by atoms with E-state index in [-0.39, 0.29) is 18.4 Å². The number of fused-ring (bicyclic) bond motifs is 1. The molecule has 0 bridgehead atoms. The van der Waals surface area contributed by atoms with Crippen LogP contribution in [0.3, 0.4) is 0 Å². The van der Waals surface area contributed by atoms with Gasteiger partial charge < -0.3 is 24.1 Å². The van der Waals surface area contributed by atoms with Crippen molar-refractivity contribution in [2.24, 2.45) is 0 Å². The molecule has 0 unspecified atom stereocenters. The second kappa shape index (κ2) is 6.27. The van der Waals surface area contributed by atoms with Crippen molar-refractivity contribution in [1.29, 1.82) is 0 Å². The van der Waals surface area contributed by atoms with E-state index in [9.17, 15) is 4.79 Å². The number of halogens is 1. The molecule has 1 aliphatic rings. The molecule has 2 aromatic rings. The van der Waals surface area contributed by atoms with Crippen LogP contribution in [-0.4, -0.2) is 30.9 Å². The number of aryl methyl sites for hydroxylation is 1. The van der Waals surface area contributed by atoms with Crippen molar-refractivity contribution in [2.45, 2.75) is 6.92 Å². The number of hydrogen-bond donors (Lipinski definition) is 1. The van der Waals surface area contributed by atoms with E-state index in [2.05, 4.69) is 26.4 Å². The molecule has 1 N–H and O–H groups in total. The van der Waals surface area contributed by atoms with Crippen LogP contribution in [0, 0.1) is 6.92 Å². The topological polar surface area (TPSA) is 82.8 Å². The highest BCUT2D eigenvalue weighted by Gasteiger charge is 2.16. The molecular weight excluding hydrogens is 356 g/mol. The van der Waals surface area contributed by atoms with E-state index in [0.29, 0.717) is 40.6 Å². The summed E-state index contributed by atoms with van der Waals surface area (Å²) in [7, 11) is 0. The van der Waals surface area contributed by atoms with Gasteiger partial charge in [0.1, 0.15) is 19.0 Å². The number of nitrogens with one attached hydrogen (secondary N) is 1. The van der Waals surface area contributed by atoms with Gasteiger partial charge in [-0.2, -0.15) is 0 Å². The number of carbonyl (C=O) groups excluding carboxylic acids is 1. The molecule has 1 aromatic carbocycles. The normalized spacial score (nSPS) is 12.8. The largest absolute Gasteiger partial charge is 0.486 e. The van der Waals surface area contributed by atoms with Gasteiger partial charge in [-0.05, 0) is 28.0 Å². The van der Waals surface area contributed by atoms with Gasteiger partial charge in [0.25, 0.3) is 11.8 Å². The van der Waals surface area contributed by atoms with E-state index in [1.54, 1.807) is 25.1 Å². The predicted molar refractivity (Wildman–Crippen MR) is 80.5 cm³/mol. The Bertz CT molecular complexity index is 701. The average molecular weight is 369 g/mol. The monoisotopic (exact) mass is 368 g/mol. The van der Waals surface area contributed by atoms with Gasteiger partial charge in [-0.25, -0.2) is 0 Å². The van der Waals surface area contributed by atoms with Crippen molar-refractivity contribution in [3.63, 3.8) is 0 Å². The van der Waals surface area contributed by atoms with Crippen LogP contribution in [0.15, 0.2) is 27.2 Å². The van der Waals surface area contributed by atoms with Crippen LogP contribution >= 0.6 is 15.9 Å². The Morgan fingerprint density at radius 1 is 1.32 bits per heavy atom. The van der Waals surface area contributed by atoms with Crippen LogP contribution in [0.5, 0.6) is 17.4 Å². The van der Waals surface area contributed by atoms with Gasteiger partial charge in [-0.1, -0.05) is 0 Å². The van der Waals surface area contributed by atoms with Crippen molar-refractivity contribution in [3.8, 4) is 17.4 Å². The van der Waals surface area contributed by atoms with Gasteiger partial charge >= 0.3 is 0 Å². The van der Waals surface area contributed by atoms with Gasteiger partial charge in [0.05, 0.1) is 5.69 Å². The lowest BCUT2D eigenvalue weighted by atomic mass is 10.2. The zero-order valence-corrected chi connectivity index (χ0v) is 13.3. The van der Waals surface area contributed by atoms with Gasteiger partial charge in [-0.3, -0.25) is 4.79 Å². The number of nitrogens with zero attached hydrogens (tertiary/aromatic N) is 1. The molecule has 0 saturated heterocycles. The number of anilines is 1. The first-order valence-corrected chi connectivity index (χ1v) is 7.36. The second-order valence-electron chi connectivity index (χ2n) is 4.59. The molecule has 1 amide bonds.